The quantitative estimate of drug-likeness (QED) is 0.733. The van der Waals surface area contributed by atoms with Gasteiger partial charge in [0.05, 0.1) is 6.04 Å². The Balaban J connectivity index is 1.64. The summed E-state index contributed by atoms with van der Waals surface area (Å²) in [6, 6.07) is 0.186. The minimum atomic E-state index is -0.696. The number of carbonyl (C=O) groups excluding carboxylic acids is 1. The molecule has 0 bridgehead atoms. The van der Waals surface area contributed by atoms with Gasteiger partial charge in [0.1, 0.15) is 6.17 Å². The largest absolute Gasteiger partial charge is 0.337 e. The van der Waals surface area contributed by atoms with Crippen molar-refractivity contribution in [1.29, 1.82) is 0 Å². The number of amides is 1. The maximum Gasteiger partial charge on any atom is 0.278 e. The van der Waals surface area contributed by atoms with Gasteiger partial charge in [0.15, 0.2) is 5.04 Å². The molecule has 0 radical (unpaired) electrons. The molecule has 1 saturated heterocycles. The first-order chi connectivity index (χ1) is 8.74. The average Bonchev–Trinajstić information content (AvgIpc) is 2.81. The minimum absolute atomic E-state index is 0.0875. The van der Waals surface area contributed by atoms with E-state index >= 15 is 0 Å². The lowest BCUT2D eigenvalue weighted by Crippen LogP contribution is -2.38. The molecule has 18 heavy (non-hydrogen) atoms. The molecule has 1 saturated carbocycles. The van der Waals surface area contributed by atoms with E-state index in [2.05, 4.69) is 4.99 Å². The summed E-state index contributed by atoms with van der Waals surface area (Å²) in [5, 5.41) is 0.846. The third-order valence-electron chi connectivity index (χ3n) is 4.07. The summed E-state index contributed by atoms with van der Waals surface area (Å²) in [6.45, 7) is 1.72. The third kappa shape index (κ3) is 2.42. The fraction of sp³-hybridized carbons (Fsp3) is 0.846. The third-order valence-corrected chi connectivity index (χ3v) is 5.38. The first kappa shape index (κ1) is 12.5. The number of hydrogen-bond acceptors (Lipinski definition) is 3. The van der Waals surface area contributed by atoms with Crippen LogP contribution in [0.1, 0.15) is 38.5 Å². The molecule has 3 atom stereocenters. The van der Waals surface area contributed by atoms with Crippen molar-refractivity contribution < 1.29 is 9.18 Å². The topological polar surface area (TPSA) is 32.7 Å². The van der Waals surface area contributed by atoms with E-state index in [9.17, 15) is 9.18 Å². The lowest BCUT2D eigenvalue weighted by molar-refractivity contribution is -0.124. The van der Waals surface area contributed by atoms with Crippen LogP contribution in [0.15, 0.2) is 4.99 Å². The van der Waals surface area contributed by atoms with E-state index in [4.69, 9.17) is 0 Å². The Morgan fingerprint density at radius 2 is 2.06 bits per heavy atom. The molecule has 1 aliphatic carbocycles. The number of fused-ring (bicyclic) bond motifs is 1. The van der Waals surface area contributed by atoms with Crippen LogP contribution < -0.4 is 0 Å². The number of likely N-dealkylation sites (tertiary alicyclic amines) is 1. The van der Waals surface area contributed by atoms with Crippen molar-refractivity contribution in [3.8, 4) is 0 Å². The number of hydrogen-bond donors (Lipinski definition) is 0. The van der Waals surface area contributed by atoms with Gasteiger partial charge in [0.2, 0.25) is 0 Å². The average molecular weight is 270 g/mol. The fourth-order valence-corrected chi connectivity index (χ4v) is 4.37. The summed E-state index contributed by atoms with van der Waals surface area (Å²) in [7, 11) is 0. The summed E-state index contributed by atoms with van der Waals surface area (Å²) in [5.41, 5.74) is 0. The molecule has 1 amide bonds. The summed E-state index contributed by atoms with van der Waals surface area (Å²) in [4.78, 5) is 18.8. The van der Waals surface area contributed by atoms with E-state index in [0.717, 1.165) is 32.4 Å². The Labute approximate surface area is 111 Å². The van der Waals surface area contributed by atoms with Crippen molar-refractivity contribution in [3.63, 3.8) is 0 Å². The van der Waals surface area contributed by atoms with Gasteiger partial charge >= 0.3 is 0 Å². The Morgan fingerprint density at radius 3 is 2.83 bits per heavy atom. The maximum absolute atomic E-state index is 13.3. The lowest BCUT2D eigenvalue weighted by Gasteiger charge is -2.26. The lowest BCUT2D eigenvalue weighted by atomic mass is 9.94. The van der Waals surface area contributed by atoms with Crippen molar-refractivity contribution in [1.82, 2.24) is 4.90 Å². The molecule has 5 heteroatoms. The van der Waals surface area contributed by atoms with Crippen molar-refractivity contribution in [2.24, 2.45) is 4.99 Å². The second-order valence-electron chi connectivity index (χ2n) is 5.42. The van der Waals surface area contributed by atoms with Gasteiger partial charge in [-0.25, -0.2) is 4.39 Å². The highest BCUT2D eigenvalue weighted by Crippen LogP contribution is 2.38. The molecule has 3 rings (SSSR count). The van der Waals surface area contributed by atoms with Gasteiger partial charge in [0, 0.05) is 18.3 Å². The Bertz CT molecular complexity index is 368. The van der Waals surface area contributed by atoms with Crippen LogP contribution in [0.25, 0.3) is 0 Å². The number of piperidine rings is 1. The highest BCUT2D eigenvalue weighted by Gasteiger charge is 2.39. The molecule has 100 valence electrons. The fourth-order valence-electron chi connectivity index (χ4n) is 3.00. The number of alkyl halides is 1. The van der Waals surface area contributed by atoms with Gasteiger partial charge in [-0.15, -0.1) is 0 Å². The monoisotopic (exact) mass is 270 g/mol. The maximum atomic E-state index is 13.3. The Morgan fingerprint density at radius 1 is 1.28 bits per heavy atom. The van der Waals surface area contributed by atoms with E-state index in [1.165, 1.54) is 18.2 Å². The molecule has 0 aromatic heterocycles. The van der Waals surface area contributed by atoms with Crippen molar-refractivity contribution >= 4 is 22.7 Å². The van der Waals surface area contributed by atoms with E-state index in [0.29, 0.717) is 17.9 Å². The highest BCUT2D eigenvalue weighted by atomic mass is 32.2. The van der Waals surface area contributed by atoms with Crippen LogP contribution in [-0.2, 0) is 4.79 Å². The van der Waals surface area contributed by atoms with Crippen LogP contribution in [0.4, 0.5) is 4.39 Å². The van der Waals surface area contributed by atoms with Crippen LogP contribution in [-0.4, -0.2) is 46.4 Å². The zero-order chi connectivity index (χ0) is 12.5. The molecular weight excluding hydrogens is 251 g/mol. The van der Waals surface area contributed by atoms with Crippen LogP contribution in [0.2, 0.25) is 0 Å². The molecule has 3 aliphatic rings. The molecular formula is C13H19FN2OS. The minimum Gasteiger partial charge on any atom is -0.337 e. The van der Waals surface area contributed by atoms with Crippen molar-refractivity contribution in [2.75, 3.05) is 13.1 Å². The second kappa shape index (κ2) is 5.19. The van der Waals surface area contributed by atoms with Gasteiger partial charge in [-0.1, -0.05) is 11.8 Å². The van der Waals surface area contributed by atoms with Crippen LogP contribution in [0, 0.1) is 0 Å². The Kier molecular flexibility index (Phi) is 3.59. The number of nitrogens with zero attached hydrogens (tertiary/aromatic N) is 2. The number of rotatable bonds is 1. The number of aliphatic imine (C=N–C) groups is 1. The van der Waals surface area contributed by atoms with E-state index in [1.807, 2.05) is 4.90 Å². The summed E-state index contributed by atoms with van der Waals surface area (Å²) in [6.07, 6.45) is 4.70. The molecule has 2 aliphatic heterocycles. The van der Waals surface area contributed by atoms with Gasteiger partial charge in [-0.3, -0.25) is 9.79 Å². The molecule has 0 spiro atoms. The molecule has 3 nitrogen and oxygen atoms in total. The smallest absolute Gasteiger partial charge is 0.278 e. The van der Waals surface area contributed by atoms with Gasteiger partial charge < -0.3 is 4.90 Å². The standard InChI is InChI=1S/C13H19FN2OS/c14-9-4-5-10-11(8-9)18-12(15-10)13(17)16-6-2-1-3-7-16/h9-11H,1-8H2. The molecule has 0 aromatic rings. The molecule has 2 heterocycles. The normalized spacial score (nSPS) is 36.2. The first-order valence-electron chi connectivity index (χ1n) is 6.92. The Hall–Kier alpha value is -0.580. The summed E-state index contributed by atoms with van der Waals surface area (Å²) in [5.74, 6) is 0.0875. The second-order valence-corrected chi connectivity index (χ2v) is 6.65. The van der Waals surface area contributed by atoms with Crippen LogP contribution in [0.3, 0.4) is 0 Å². The summed E-state index contributed by atoms with van der Waals surface area (Å²) < 4.78 is 13.3. The predicted octanol–water partition coefficient (Wildman–Crippen LogP) is 2.40. The zero-order valence-corrected chi connectivity index (χ0v) is 11.3. The van der Waals surface area contributed by atoms with E-state index < -0.39 is 6.17 Å². The van der Waals surface area contributed by atoms with Crippen LogP contribution >= 0.6 is 11.8 Å². The van der Waals surface area contributed by atoms with Crippen molar-refractivity contribution in [2.45, 2.75) is 56.0 Å². The van der Waals surface area contributed by atoms with Gasteiger partial charge in [-0.05, 0) is 38.5 Å². The van der Waals surface area contributed by atoms with Gasteiger partial charge in [-0.2, -0.15) is 0 Å². The summed E-state index contributed by atoms with van der Waals surface area (Å²) >= 11 is 1.52. The van der Waals surface area contributed by atoms with E-state index in [-0.39, 0.29) is 17.2 Å². The highest BCUT2D eigenvalue weighted by molar-refractivity contribution is 8.16. The molecule has 2 fully saturated rings. The zero-order valence-electron chi connectivity index (χ0n) is 10.5. The number of halogens is 1. The molecule has 0 N–H and O–H groups in total. The van der Waals surface area contributed by atoms with Crippen LogP contribution in [0.5, 0.6) is 0 Å². The first-order valence-corrected chi connectivity index (χ1v) is 7.80. The SMILES string of the molecule is O=C(C1=NC2CCC(F)CC2S1)N1CCCCC1. The number of carbonyl (C=O) groups is 1. The number of thioether (sulfide) groups is 1. The molecule has 0 aromatic carbocycles. The van der Waals surface area contributed by atoms with Crippen molar-refractivity contribution in [3.05, 3.63) is 0 Å². The van der Waals surface area contributed by atoms with E-state index in [1.54, 1.807) is 0 Å². The molecule has 3 unspecified atom stereocenters. The van der Waals surface area contributed by atoms with Gasteiger partial charge in [0.25, 0.3) is 5.91 Å². The predicted molar refractivity (Wildman–Crippen MR) is 71.8 cm³/mol.